The summed E-state index contributed by atoms with van der Waals surface area (Å²) in [6, 6.07) is 0.153. The first-order valence-electron chi connectivity index (χ1n) is 6.66. The van der Waals surface area contributed by atoms with Crippen LogP contribution < -0.4 is 10.6 Å². The minimum absolute atomic E-state index is 0.153. The van der Waals surface area contributed by atoms with E-state index in [4.69, 9.17) is 17.0 Å². The molecular weight excluding hydrogens is 260 g/mol. The third-order valence-electron chi connectivity index (χ3n) is 3.04. The van der Waals surface area contributed by atoms with Crippen LogP contribution in [0, 0.1) is 6.92 Å². The Labute approximate surface area is 120 Å². The van der Waals surface area contributed by atoms with Crippen LogP contribution in [0.3, 0.4) is 0 Å². The average molecular weight is 284 g/mol. The third kappa shape index (κ3) is 5.16. The van der Waals surface area contributed by atoms with Gasteiger partial charge in [0, 0.05) is 38.1 Å². The molecule has 0 aliphatic carbocycles. The van der Waals surface area contributed by atoms with Crippen LogP contribution in [0.1, 0.15) is 37.6 Å². The van der Waals surface area contributed by atoms with Crippen molar-refractivity contribution in [2.75, 3.05) is 19.8 Å². The van der Waals surface area contributed by atoms with E-state index in [1.54, 1.807) is 0 Å². The zero-order chi connectivity index (χ0) is 14.3. The quantitative estimate of drug-likeness (QED) is 0.589. The summed E-state index contributed by atoms with van der Waals surface area (Å²) >= 11 is 5.27. The summed E-state index contributed by atoms with van der Waals surface area (Å²) in [5.41, 5.74) is 2.32. The van der Waals surface area contributed by atoms with Gasteiger partial charge in [0.25, 0.3) is 0 Å². The Morgan fingerprint density at radius 2 is 2.32 bits per heavy atom. The summed E-state index contributed by atoms with van der Waals surface area (Å²) in [5.74, 6) is 0. The van der Waals surface area contributed by atoms with Crippen LogP contribution in [-0.4, -0.2) is 34.7 Å². The smallest absolute Gasteiger partial charge is 0.166 e. The van der Waals surface area contributed by atoms with Crippen LogP contribution in [0.2, 0.25) is 0 Å². The molecule has 2 N–H and O–H groups in total. The molecule has 0 aliphatic rings. The molecule has 0 saturated heterocycles. The lowest BCUT2D eigenvalue weighted by Crippen LogP contribution is -2.37. The number of hydrogen-bond donors (Lipinski definition) is 2. The molecule has 1 atom stereocenters. The molecule has 108 valence electrons. The molecule has 0 aromatic carbocycles. The van der Waals surface area contributed by atoms with E-state index in [2.05, 4.69) is 29.6 Å². The fourth-order valence-electron chi connectivity index (χ4n) is 1.79. The molecule has 1 aromatic heterocycles. The maximum atomic E-state index is 5.27. The molecule has 19 heavy (non-hydrogen) atoms. The van der Waals surface area contributed by atoms with E-state index in [0.29, 0.717) is 5.11 Å². The third-order valence-corrected chi connectivity index (χ3v) is 3.30. The van der Waals surface area contributed by atoms with Crippen LogP contribution in [0.4, 0.5) is 0 Å². The van der Waals surface area contributed by atoms with Gasteiger partial charge >= 0.3 is 0 Å². The second-order valence-corrected chi connectivity index (χ2v) is 4.89. The molecule has 1 heterocycles. The molecule has 0 bridgehead atoms. The van der Waals surface area contributed by atoms with Crippen molar-refractivity contribution in [1.82, 2.24) is 20.4 Å². The van der Waals surface area contributed by atoms with Gasteiger partial charge in [-0.05, 0) is 39.4 Å². The van der Waals surface area contributed by atoms with Crippen LogP contribution in [0.5, 0.6) is 0 Å². The van der Waals surface area contributed by atoms with Crippen molar-refractivity contribution in [2.45, 2.75) is 33.2 Å². The lowest BCUT2D eigenvalue weighted by molar-refractivity contribution is 0.145. The molecule has 1 rings (SSSR count). The molecule has 0 saturated carbocycles. The minimum atomic E-state index is 0.153. The van der Waals surface area contributed by atoms with E-state index in [0.717, 1.165) is 31.9 Å². The van der Waals surface area contributed by atoms with Gasteiger partial charge in [-0.1, -0.05) is 0 Å². The molecule has 1 aromatic rings. The van der Waals surface area contributed by atoms with E-state index >= 15 is 0 Å². The summed E-state index contributed by atoms with van der Waals surface area (Å²) < 4.78 is 7.14. The second kappa shape index (κ2) is 8.12. The number of hydrogen-bond acceptors (Lipinski definition) is 3. The number of aromatic nitrogens is 2. The maximum absolute atomic E-state index is 5.27. The molecule has 0 fully saturated rings. The highest BCUT2D eigenvalue weighted by atomic mass is 32.1. The number of nitrogens with one attached hydrogen (secondary N) is 2. The van der Waals surface area contributed by atoms with Gasteiger partial charge in [-0.25, -0.2) is 0 Å². The van der Waals surface area contributed by atoms with Gasteiger partial charge in [0.2, 0.25) is 0 Å². The van der Waals surface area contributed by atoms with Crippen molar-refractivity contribution in [2.24, 2.45) is 7.05 Å². The van der Waals surface area contributed by atoms with E-state index in [1.165, 1.54) is 5.56 Å². The zero-order valence-electron chi connectivity index (χ0n) is 12.2. The lowest BCUT2D eigenvalue weighted by Gasteiger charge is -2.17. The molecular formula is C13H24N4OS. The van der Waals surface area contributed by atoms with Crippen molar-refractivity contribution in [3.05, 3.63) is 17.5 Å². The molecule has 1 unspecified atom stereocenters. The zero-order valence-corrected chi connectivity index (χ0v) is 13.0. The van der Waals surface area contributed by atoms with Crippen molar-refractivity contribution in [3.8, 4) is 0 Å². The maximum Gasteiger partial charge on any atom is 0.166 e. The molecule has 0 amide bonds. The number of rotatable bonds is 7. The van der Waals surface area contributed by atoms with Crippen LogP contribution >= 0.6 is 12.2 Å². The highest BCUT2D eigenvalue weighted by molar-refractivity contribution is 7.80. The summed E-state index contributed by atoms with van der Waals surface area (Å²) in [7, 11) is 1.94. The average Bonchev–Trinajstić information content (AvgIpc) is 2.70. The molecule has 0 spiro atoms. The Morgan fingerprint density at radius 3 is 2.89 bits per heavy atom. The van der Waals surface area contributed by atoms with Gasteiger partial charge in [-0.15, -0.1) is 0 Å². The predicted octanol–water partition coefficient (Wildman–Crippen LogP) is 1.68. The van der Waals surface area contributed by atoms with Gasteiger partial charge in [-0.2, -0.15) is 5.10 Å². The fourth-order valence-corrected chi connectivity index (χ4v) is 2.07. The first-order valence-corrected chi connectivity index (χ1v) is 7.07. The monoisotopic (exact) mass is 284 g/mol. The first-order chi connectivity index (χ1) is 9.06. The van der Waals surface area contributed by atoms with Crippen molar-refractivity contribution < 1.29 is 4.74 Å². The number of aryl methyl sites for hydroxylation is 1. The Bertz CT molecular complexity index is 405. The van der Waals surface area contributed by atoms with E-state index in [9.17, 15) is 0 Å². The van der Waals surface area contributed by atoms with Gasteiger partial charge < -0.3 is 15.4 Å². The van der Waals surface area contributed by atoms with Crippen LogP contribution in [0.15, 0.2) is 6.20 Å². The SMILES string of the molecule is CCOCCCNC(=S)NC(C)c1cnn(C)c1C. The van der Waals surface area contributed by atoms with E-state index in [1.807, 2.05) is 24.9 Å². The number of nitrogens with zero attached hydrogens (tertiary/aromatic N) is 2. The van der Waals surface area contributed by atoms with Gasteiger partial charge in [0.15, 0.2) is 5.11 Å². The van der Waals surface area contributed by atoms with Gasteiger partial charge in [0.1, 0.15) is 0 Å². The summed E-state index contributed by atoms with van der Waals surface area (Å²) in [4.78, 5) is 0. The standard InChI is InChI=1S/C13H24N4OS/c1-5-18-8-6-7-14-13(19)16-10(2)12-9-15-17(4)11(12)3/h9-10H,5-8H2,1-4H3,(H2,14,16,19). The Balaban J connectivity index is 2.30. The normalized spacial score (nSPS) is 12.2. The van der Waals surface area contributed by atoms with Gasteiger partial charge in [0.05, 0.1) is 12.2 Å². The van der Waals surface area contributed by atoms with Crippen molar-refractivity contribution in [1.29, 1.82) is 0 Å². The van der Waals surface area contributed by atoms with Crippen LogP contribution in [0.25, 0.3) is 0 Å². The number of ether oxygens (including phenoxy) is 1. The molecule has 5 nitrogen and oxygen atoms in total. The largest absolute Gasteiger partial charge is 0.382 e. The molecule has 6 heteroatoms. The summed E-state index contributed by atoms with van der Waals surface area (Å²) in [6.45, 7) is 8.49. The highest BCUT2D eigenvalue weighted by Crippen LogP contribution is 2.15. The first kappa shape index (κ1) is 15.9. The molecule has 0 aliphatic heterocycles. The Hall–Kier alpha value is -1.14. The highest BCUT2D eigenvalue weighted by Gasteiger charge is 2.12. The topological polar surface area (TPSA) is 51.1 Å². The fraction of sp³-hybridized carbons (Fsp3) is 0.692. The van der Waals surface area contributed by atoms with Crippen molar-refractivity contribution >= 4 is 17.3 Å². The second-order valence-electron chi connectivity index (χ2n) is 4.48. The van der Waals surface area contributed by atoms with Crippen molar-refractivity contribution in [3.63, 3.8) is 0 Å². The van der Waals surface area contributed by atoms with Crippen LogP contribution in [-0.2, 0) is 11.8 Å². The van der Waals surface area contributed by atoms with E-state index < -0.39 is 0 Å². The van der Waals surface area contributed by atoms with E-state index in [-0.39, 0.29) is 6.04 Å². The lowest BCUT2D eigenvalue weighted by atomic mass is 10.1. The summed E-state index contributed by atoms with van der Waals surface area (Å²) in [5, 5.41) is 11.4. The number of thiocarbonyl (C=S) groups is 1. The predicted molar refractivity (Wildman–Crippen MR) is 81.2 cm³/mol. The van der Waals surface area contributed by atoms with Gasteiger partial charge in [-0.3, -0.25) is 4.68 Å². The Kier molecular flexibility index (Phi) is 6.80. The Morgan fingerprint density at radius 1 is 1.58 bits per heavy atom. The minimum Gasteiger partial charge on any atom is -0.382 e. The molecule has 0 radical (unpaired) electrons. The summed E-state index contributed by atoms with van der Waals surface area (Å²) in [6.07, 6.45) is 2.83.